The van der Waals surface area contributed by atoms with Gasteiger partial charge in [-0.05, 0) is 0 Å². The lowest BCUT2D eigenvalue weighted by atomic mass is 10.0. The van der Waals surface area contributed by atoms with Crippen LogP contribution in [0.4, 0.5) is 0 Å². The molecule has 0 aromatic carbocycles. The highest BCUT2D eigenvalue weighted by Gasteiger charge is 2.34. The van der Waals surface area contributed by atoms with E-state index in [1.807, 2.05) is 0 Å². The number of ether oxygens (including phenoxy) is 1. The molecule has 0 amide bonds. The largest absolute Gasteiger partial charge is 0.394 e. The highest BCUT2D eigenvalue weighted by Crippen LogP contribution is 2.14. The summed E-state index contributed by atoms with van der Waals surface area (Å²) < 4.78 is 4.65. The van der Waals surface area contributed by atoms with Crippen molar-refractivity contribution in [3.63, 3.8) is 0 Å². The quantitative estimate of drug-likeness (QED) is 0.415. The minimum atomic E-state index is -1.30. The van der Waals surface area contributed by atoms with E-state index >= 15 is 0 Å². The van der Waals surface area contributed by atoms with Crippen LogP contribution in [0.2, 0.25) is 0 Å². The summed E-state index contributed by atoms with van der Waals surface area (Å²) in [4.78, 5) is 10.8. The van der Waals surface area contributed by atoms with Crippen LogP contribution in [0.1, 0.15) is 6.42 Å². The average Bonchev–Trinajstić information content (AvgIpc) is 1.96. The highest BCUT2D eigenvalue weighted by atomic mass is 16.6. The monoisotopic (exact) mass is 162 g/mol. The Morgan fingerprint density at radius 2 is 2.18 bits per heavy atom. The number of hydrogen-bond donors (Lipinski definition) is 3. The molecule has 1 unspecified atom stereocenters. The van der Waals surface area contributed by atoms with Crippen molar-refractivity contribution in [2.24, 2.45) is 0 Å². The Balaban J connectivity index is 2.58. The summed E-state index contributed by atoms with van der Waals surface area (Å²) in [6, 6.07) is 0. The maximum atomic E-state index is 10.8. The lowest BCUT2D eigenvalue weighted by Crippen LogP contribution is -2.47. The first-order valence-electron chi connectivity index (χ1n) is 3.30. The molecule has 1 rings (SSSR count). The third-order valence-corrected chi connectivity index (χ3v) is 1.57. The molecule has 1 fully saturated rings. The lowest BCUT2D eigenvalue weighted by Gasteiger charge is -2.28. The first kappa shape index (κ1) is 8.61. The van der Waals surface area contributed by atoms with Crippen LogP contribution >= 0.6 is 0 Å². The third-order valence-electron chi connectivity index (χ3n) is 1.57. The molecule has 5 nitrogen and oxygen atoms in total. The molecular formula is C6H10O5. The number of ketones is 1. The second kappa shape index (κ2) is 3.27. The molecule has 0 spiro atoms. The second-order valence-electron chi connectivity index (χ2n) is 2.43. The van der Waals surface area contributed by atoms with Gasteiger partial charge in [-0.1, -0.05) is 0 Å². The number of aliphatic hydroxyl groups is 3. The van der Waals surface area contributed by atoms with Crippen molar-refractivity contribution in [1.82, 2.24) is 0 Å². The lowest BCUT2D eigenvalue weighted by molar-refractivity contribution is -0.205. The molecule has 3 N–H and O–H groups in total. The topological polar surface area (TPSA) is 87.0 Å². The summed E-state index contributed by atoms with van der Waals surface area (Å²) in [6.07, 6.45) is -3.69. The molecule has 0 bridgehead atoms. The molecule has 0 radical (unpaired) electrons. The van der Waals surface area contributed by atoms with E-state index in [9.17, 15) is 4.79 Å². The molecule has 0 aromatic heterocycles. The summed E-state index contributed by atoms with van der Waals surface area (Å²) in [7, 11) is 0. The Morgan fingerprint density at radius 3 is 2.73 bits per heavy atom. The number of carbonyl (C=O) groups excluding carboxylic acids is 1. The van der Waals surface area contributed by atoms with Crippen LogP contribution in [-0.2, 0) is 9.53 Å². The molecule has 1 saturated heterocycles. The fourth-order valence-corrected chi connectivity index (χ4v) is 0.967. The number of carbonyl (C=O) groups is 1. The predicted octanol–water partition coefficient (Wildman–Crippen LogP) is -1.98. The van der Waals surface area contributed by atoms with Crippen LogP contribution in [0.15, 0.2) is 0 Å². The van der Waals surface area contributed by atoms with Gasteiger partial charge >= 0.3 is 0 Å². The molecule has 0 saturated carbocycles. The van der Waals surface area contributed by atoms with Crippen LogP contribution < -0.4 is 0 Å². The second-order valence-corrected chi connectivity index (χ2v) is 2.43. The van der Waals surface area contributed by atoms with Crippen molar-refractivity contribution in [3.05, 3.63) is 0 Å². The number of aliphatic hydroxyl groups excluding tert-OH is 3. The first-order chi connectivity index (χ1) is 5.15. The zero-order valence-corrected chi connectivity index (χ0v) is 5.80. The van der Waals surface area contributed by atoms with Gasteiger partial charge in [0.25, 0.3) is 0 Å². The molecular weight excluding hydrogens is 152 g/mol. The van der Waals surface area contributed by atoms with Crippen molar-refractivity contribution in [1.29, 1.82) is 0 Å². The van der Waals surface area contributed by atoms with E-state index in [1.165, 1.54) is 0 Å². The average molecular weight is 162 g/mol. The summed E-state index contributed by atoms with van der Waals surface area (Å²) in [5, 5.41) is 26.4. The highest BCUT2D eigenvalue weighted by molar-refractivity contribution is 5.84. The predicted molar refractivity (Wildman–Crippen MR) is 33.6 cm³/mol. The van der Waals surface area contributed by atoms with Crippen LogP contribution in [0, 0.1) is 0 Å². The van der Waals surface area contributed by atoms with E-state index in [1.54, 1.807) is 0 Å². The Kier molecular flexibility index (Phi) is 2.56. The van der Waals surface area contributed by atoms with Gasteiger partial charge in [-0.2, -0.15) is 0 Å². The van der Waals surface area contributed by atoms with Gasteiger partial charge in [0.2, 0.25) is 0 Å². The first-order valence-corrected chi connectivity index (χ1v) is 3.30. The van der Waals surface area contributed by atoms with Crippen molar-refractivity contribution in [2.45, 2.75) is 24.9 Å². The zero-order chi connectivity index (χ0) is 8.43. The normalized spacial score (nSPS) is 39.2. The molecule has 3 atom stereocenters. The summed E-state index contributed by atoms with van der Waals surface area (Å²) in [5.74, 6) is -0.497. The van der Waals surface area contributed by atoms with Crippen molar-refractivity contribution in [3.8, 4) is 0 Å². The summed E-state index contributed by atoms with van der Waals surface area (Å²) in [6.45, 7) is -0.468. The molecule has 64 valence electrons. The minimum absolute atomic E-state index is 0.211. The van der Waals surface area contributed by atoms with Crippen LogP contribution in [0.25, 0.3) is 0 Å². The fourth-order valence-electron chi connectivity index (χ4n) is 0.967. The third kappa shape index (κ3) is 1.75. The van der Waals surface area contributed by atoms with Gasteiger partial charge in [0.05, 0.1) is 13.0 Å². The molecule has 1 aliphatic heterocycles. The van der Waals surface area contributed by atoms with E-state index in [4.69, 9.17) is 15.3 Å². The van der Waals surface area contributed by atoms with Crippen LogP contribution in [0.5, 0.6) is 0 Å². The SMILES string of the molecule is O=C1CC(O)O[C@H](CO)[C@@H]1O. The van der Waals surface area contributed by atoms with Crippen molar-refractivity contribution in [2.75, 3.05) is 6.61 Å². The number of hydrogen-bond acceptors (Lipinski definition) is 5. The van der Waals surface area contributed by atoms with Gasteiger partial charge in [-0.3, -0.25) is 4.79 Å². The van der Waals surface area contributed by atoms with E-state index in [2.05, 4.69) is 4.74 Å². The minimum Gasteiger partial charge on any atom is -0.394 e. The molecule has 11 heavy (non-hydrogen) atoms. The Hall–Kier alpha value is -0.490. The number of Topliss-reactive ketones (excluding diaryl/α,β-unsaturated/α-hetero) is 1. The van der Waals surface area contributed by atoms with Gasteiger partial charge in [-0.15, -0.1) is 0 Å². The summed E-state index contributed by atoms with van der Waals surface area (Å²) >= 11 is 0. The molecule has 0 aromatic rings. The Morgan fingerprint density at radius 1 is 1.55 bits per heavy atom. The molecule has 1 heterocycles. The van der Waals surface area contributed by atoms with E-state index < -0.39 is 30.9 Å². The van der Waals surface area contributed by atoms with Gasteiger partial charge in [0.15, 0.2) is 12.1 Å². The van der Waals surface area contributed by atoms with Crippen LogP contribution in [0.3, 0.4) is 0 Å². The Bertz CT molecular complexity index is 157. The van der Waals surface area contributed by atoms with E-state index in [0.29, 0.717) is 0 Å². The number of rotatable bonds is 1. The van der Waals surface area contributed by atoms with Crippen molar-refractivity contribution >= 4 is 5.78 Å². The smallest absolute Gasteiger partial charge is 0.169 e. The molecule has 1 aliphatic rings. The fraction of sp³-hybridized carbons (Fsp3) is 0.833. The standard InChI is InChI=1S/C6H10O5/c7-2-4-6(10)3(8)1-5(9)11-4/h4-7,9-10H,1-2H2/t4-,5?,6-/m1/s1. The summed E-state index contributed by atoms with van der Waals surface area (Å²) in [5.41, 5.74) is 0. The van der Waals surface area contributed by atoms with Gasteiger partial charge in [-0.25, -0.2) is 0 Å². The zero-order valence-electron chi connectivity index (χ0n) is 5.80. The van der Waals surface area contributed by atoms with E-state index in [0.717, 1.165) is 0 Å². The maximum Gasteiger partial charge on any atom is 0.169 e. The Labute approximate surface area is 63.2 Å². The van der Waals surface area contributed by atoms with Gasteiger partial charge < -0.3 is 20.1 Å². The van der Waals surface area contributed by atoms with Gasteiger partial charge in [0, 0.05) is 0 Å². The van der Waals surface area contributed by atoms with Crippen molar-refractivity contribution < 1.29 is 24.9 Å². The van der Waals surface area contributed by atoms with Crippen LogP contribution in [-0.4, -0.2) is 46.2 Å². The maximum absolute atomic E-state index is 10.8. The van der Waals surface area contributed by atoms with Gasteiger partial charge in [0.1, 0.15) is 12.2 Å². The molecule has 5 heteroatoms. The molecule has 0 aliphatic carbocycles. The van der Waals surface area contributed by atoms with E-state index in [-0.39, 0.29) is 6.42 Å².